The molecule has 1 atom stereocenters. The van der Waals surface area contributed by atoms with Crippen molar-refractivity contribution in [2.24, 2.45) is 7.05 Å². The summed E-state index contributed by atoms with van der Waals surface area (Å²) in [5, 5.41) is 24.2. The fourth-order valence-electron chi connectivity index (χ4n) is 3.98. The van der Waals surface area contributed by atoms with Gasteiger partial charge in [-0.25, -0.2) is 4.39 Å². The number of aliphatic hydroxyl groups is 1. The number of aliphatic hydroxyl groups excluding tert-OH is 1. The molecule has 0 saturated heterocycles. The predicted molar refractivity (Wildman–Crippen MR) is 114 cm³/mol. The average molecular weight is 438 g/mol. The second kappa shape index (κ2) is 8.89. The molecule has 0 aliphatic carbocycles. The summed E-state index contributed by atoms with van der Waals surface area (Å²) in [7, 11) is 1.41. The second-order valence-corrected chi connectivity index (χ2v) is 7.68. The van der Waals surface area contributed by atoms with Gasteiger partial charge >= 0.3 is 0 Å². The van der Waals surface area contributed by atoms with Gasteiger partial charge in [-0.1, -0.05) is 18.2 Å². The predicted octanol–water partition coefficient (Wildman–Crippen LogP) is 1.60. The molecule has 0 fully saturated rings. The highest BCUT2D eigenvalue weighted by molar-refractivity contribution is 5.94. The smallest absolute Gasteiger partial charge is 0.293 e. The maximum Gasteiger partial charge on any atom is 0.293 e. The Morgan fingerprint density at radius 1 is 1.25 bits per heavy atom. The number of pyridine rings is 2. The van der Waals surface area contributed by atoms with Gasteiger partial charge in [0.05, 0.1) is 12.2 Å². The first-order valence-electron chi connectivity index (χ1n) is 10.2. The van der Waals surface area contributed by atoms with E-state index in [0.717, 1.165) is 10.1 Å². The fraction of sp³-hybridized carbons (Fsp3) is 0.261. The number of carbonyl (C=O) groups is 1. The standard InChI is InChI=1S/C23H23FN4O4/c1-27-19(21(30)26-12-16-4-2-3-10-25-16)17-9-11-28(13-14-5-7-15(24)8-6-14)22(31)18(17)20(29)23(27)32/h2-8,10,22,29,31H,9,11-13H2,1H3,(H,26,30). The number of hydrogen-bond donors (Lipinski definition) is 3. The molecule has 3 aromatic rings. The molecule has 0 spiro atoms. The molecule has 9 heteroatoms. The van der Waals surface area contributed by atoms with Crippen LogP contribution in [0.25, 0.3) is 0 Å². The Bertz CT molecular complexity index is 1200. The lowest BCUT2D eigenvalue weighted by Crippen LogP contribution is -2.40. The molecular formula is C23H23FN4O4. The molecule has 32 heavy (non-hydrogen) atoms. The first-order chi connectivity index (χ1) is 15.4. The van der Waals surface area contributed by atoms with Gasteiger partial charge < -0.3 is 20.1 Å². The molecule has 0 bridgehead atoms. The molecule has 1 aromatic carbocycles. The van der Waals surface area contributed by atoms with Crippen molar-refractivity contribution >= 4 is 5.91 Å². The first kappa shape index (κ1) is 21.7. The van der Waals surface area contributed by atoms with Crippen LogP contribution >= 0.6 is 0 Å². The highest BCUT2D eigenvalue weighted by Gasteiger charge is 2.34. The zero-order valence-electron chi connectivity index (χ0n) is 17.5. The highest BCUT2D eigenvalue weighted by atomic mass is 19.1. The van der Waals surface area contributed by atoms with E-state index in [0.29, 0.717) is 24.2 Å². The van der Waals surface area contributed by atoms with Crippen molar-refractivity contribution in [2.45, 2.75) is 25.7 Å². The summed E-state index contributed by atoms with van der Waals surface area (Å²) in [6, 6.07) is 11.2. The Balaban J connectivity index is 1.64. The van der Waals surface area contributed by atoms with Crippen LogP contribution in [0.1, 0.15) is 39.1 Å². The molecule has 166 valence electrons. The summed E-state index contributed by atoms with van der Waals surface area (Å²) < 4.78 is 14.3. The summed E-state index contributed by atoms with van der Waals surface area (Å²) in [5.74, 6) is -1.44. The normalized spacial score (nSPS) is 15.9. The van der Waals surface area contributed by atoms with Crippen molar-refractivity contribution < 1.29 is 19.4 Å². The van der Waals surface area contributed by atoms with Crippen LogP contribution in [0.15, 0.2) is 53.5 Å². The zero-order valence-corrected chi connectivity index (χ0v) is 17.5. The van der Waals surface area contributed by atoms with Gasteiger partial charge in [-0.05, 0) is 41.8 Å². The number of halogens is 1. The van der Waals surface area contributed by atoms with E-state index >= 15 is 0 Å². The number of aromatic hydroxyl groups is 1. The van der Waals surface area contributed by atoms with Crippen LogP contribution < -0.4 is 10.9 Å². The van der Waals surface area contributed by atoms with E-state index in [4.69, 9.17) is 0 Å². The maximum absolute atomic E-state index is 13.2. The van der Waals surface area contributed by atoms with Gasteiger partial charge in [0.15, 0.2) is 5.75 Å². The van der Waals surface area contributed by atoms with Crippen LogP contribution in [-0.4, -0.2) is 37.1 Å². The van der Waals surface area contributed by atoms with Crippen LogP contribution in [-0.2, 0) is 26.6 Å². The number of amides is 1. The number of fused-ring (bicyclic) bond motifs is 1. The quantitative estimate of drug-likeness (QED) is 0.559. The van der Waals surface area contributed by atoms with Crippen LogP contribution in [0.3, 0.4) is 0 Å². The summed E-state index contributed by atoms with van der Waals surface area (Å²) in [4.78, 5) is 31.4. The third kappa shape index (κ3) is 4.12. The van der Waals surface area contributed by atoms with Gasteiger partial charge in [-0.2, -0.15) is 0 Å². The van der Waals surface area contributed by atoms with Crippen molar-refractivity contribution in [3.63, 3.8) is 0 Å². The van der Waals surface area contributed by atoms with E-state index in [1.54, 1.807) is 41.4 Å². The number of nitrogens with zero attached hydrogens (tertiary/aromatic N) is 3. The van der Waals surface area contributed by atoms with Gasteiger partial charge in [-0.15, -0.1) is 0 Å². The molecule has 4 rings (SSSR count). The van der Waals surface area contributed by atoms with E-state index < -0.39 is 23.4 Å². The third-order valence-electron chi connectivity index (χ3n) is 5.63. The van der Waals surface area contributed by atoms with Crippen LogP contribution in [0, 0.1) is 5.82 Å². The monoisotopic (exact) mass is 438 g/mol. The minimum absolute atomic E-state index is 0.0319. The lowest BCUT2D eigenvalue weighted by molar-refractivity contribution is -0.0144. The molecule has 2 aromatic heterocycles. The Morgan fingerprint density at radius 3 is 2.69 bits per heavy atom. The van der Waals surface area contributed by atoms with Crippen LogP contribution in [0.4, 0.5) is 4.39 Å². The summed E-state index contributed by atoms with van der Waals surface area (Å²) in [6.45, 7) is 0.837. The molecule has 0 saturated carbocycles. The number of hydrogen-bond acceptors (Lipinski definition) is 6. The number of rotatable bonds is 5. The SMILES string of the molecule is Cn1c(C(=O)NCc2ccccn2)c2c(c(O)c1=O)C(O)N(Cc1ccc(F)cc1)CC2. The van der Waals surface area contributed by atoms with E-state index in [-0.39, 0.29) is 30.2 Å². The van der Waals surface area contributed by atoms with Crippen molar-refractivity contribution in [1.82, 2.24) is 19.8 Å². The number of nitrogens with one attached hydrogen (secondary N) is 1. The molecule has 0 radical (unpaired) electrons. The number of benzene rings is 1. The molecular weight excluding hydrogens is 415 g/mol. The van der Waals surface area contributed by atoms with E-state index in [2.05, 4.69) is 10.3 Å². The lowest BCUT2D eigenvalue weighted by Gasteiger charge is -2.35. The molecule has 1 unspecified atom stereocenters. The molecule has 1 aliphatic rings. The highest BCUT2D eigenvalue weighted by Crippen LogP contribution is 2.35. The van der Waals surface area contributed by atoms with Gasteiger partial charge in [0, 0.05) is 31.9 Å². The fourth-order valence-corrected chi connectivity index (χ4v) is 3.98. The Hall–Kier alpha value is -3.56. The van der Waals surface area contributed by atoms with Crippen molar-refractivity contribution in [3.05, 3.63) is 92.9 Å². The maximum atomic E-state index is 13.2. The minimum Gasteiger partial charge on any atom is -0.503 e. The van der Waals surface area contributed by atoms with Crippen LogP contribution in [0.2, 0.25) is 0 Å². The van der Waals surface area contributed by atoms with Crippen molar-refractivity contribution in [1.29, 1.82) is 0 Å². The Labute approximate surface area is 183 Å². The first-order valence-corrected chi connectivity index (χ1v) is 10.2. The molecule has 1 amide bonds. The second-order valence-electron chi connectivity index (χ2n) is 7.68. The Kier molecular flexibility index (Phi) is 6.02. The van der Waals surface area contributed by atoms with Crippen LogP contribution in [0.5, 0.6) is 5.75 Å². The largest absolute Gasteiger partial charge is 0.503 e. The minimum atomic E-state index is -1.29. The van der Waals surface area contributed by atoms with Gasteiger partial charge in [0.2, 0.25) is 0 Å². The van der Waals surface area contributed by atoms with Gasteiger partial charge in [0.1, 0.15) is 17.7 Å². The van der Waals surface area contributed by atoms with Gasteiger partial charge in [-0.3, -0.25) is 19.5 Å². The van der Waals surface area contributed by atoms with E-state index in [9.17, 15) is 24.2 Å². The summed E-state index contributed by atoms with van der Waals surface area (Å²) in [5.41, 5.74) is 1.21. The molecule has 3 N–H and O–H groups in total. The Morgan fingerprint density at radius 2 is 2.00 bits per heavy atom. The van der Waals surface area contributed by atoms with Crippen molar-refractivity contribution in [2.75, 3.05) is 6.54 Å². The molecule has 1 aliphatic heterocycles. The number of carbonyl (C=O) groups excluding carboxylic acids is 1. The zero-order chi connectivity index (χ0) is 22.8. The van der Waals surface area contributed by atoms with E-state index in [1.807, 2.05) is 0 Å². The van der Waals surface area contributed by atoms with Gasteiger partial charge in [0.25, 0.3) is 11.5 Å². The van der Waals surface area contributed by atoms with E-state index in [1.165, 1.54) is 19.2 Å². The molecule has 8 nitrogen and oxygen atoms in total. The summed E-state index contributed by atoms with van der Waals surface area (Å²) in [6.07, 6.45) is 0.660. The van der Waals surface area contributed by atoms with Crippen molar-refractivity contribution in [3.8, 4) is 5.75 Å². The topological polar surface area (TPSA) is 108 Å². The average Bonchev–Trinajstić information content (AvgIpc) is 2.80. The number of aromatic nitrogens is 2. The third-order valence-corrected chi connectivity index (χ3v) is 5.63. The lowest BCUT2D eigenvalue weighted by atomic mass is 9.94. The summed E-state index contributed by atoms with van der Waals surface area (Å²) >= 11 is 0. The molecule has 3 heterocycles.